The Labute approximate surface area is 167 Å². The molecule has 138 valence electrons. The van der Waals surface area contributed by atoms with Gasteiger partial charge in [-0.25, -0.2) is 13.4 Å². The second-order valence-corrected chi connectivity index (χ2v) is 9.14. The number of piperazine rings is 1. The van der Waals surface area contributed by atoms with Crippen LogP contribution in [0, 0.1) is 0 Å². The zero-order chi connectivity index (χ0) is 18.6. The summed E-state index contributed by atoms with van der Waals surface area (Å²) in [6.07, 6.45) is 5.67. The van der Waals surface area contributed by atoms with Crippen LogP contribution in [0.5, 0.6) is 0 Å². The van der Waals surface area contributed by atoms with Crippen molar-refractivity contribution >= 4 is 43.6 Å². The molecule has 1 aliphatic heterocycles. The SMILES string of the molecule is O=S(=O)(c1cc(Br)cnc1Cl)N1CCN(C/C=C/c2ccccc2)CC1. The maximum atomic E-state index is 12.8. The molecule has 1 fully saturated rings. The maximum Gasteiger partial charge on any atom is 0.246 e. The smallest absolute Gasteiger partial charge is 0.246 e. The van der Waals surface area contributed by atoms with Crippen LogP contribution >= 0.6 is 27.5 Å². The number of hydrogen-bond donors (Lipinski definition) is 0. The molecule has 2 heterocycles. The first kappa shape index (κ1) is 19.5. The number of halogens is 2. The summed E-state index contributed by atoms with van der Waals surface area (Å²) in [4.78, 5) is 6.19. The molecule has 1 aromatic carbocycles. The molecule has 0 bridgehead atoms. The van der Waals surface area contributed by atoms with Crippen LogP contribution < -0.4 is 0 Å². The van der Waals surface area contributed by atoms with E-state index in [-0.39, 0.29) is 10.0 Å². The predicted octanol–water partition coefficient (Wildman–Crippen LogP) is 3.52. The molecule has 8 heteroatoms. The van der Waals surface area contributed by atoms with Crippen LogP contribution in [-0.2, 0) is 10.0 Å². The van der Waals surface area contributed by atoms with Crippen LogP contribution in [0.1, 0.15) is 5.56 Å². The minimum absolute atomic E-state index is 0.00132. The molecule has 0 saturated carbocycles. The van der Waals surface area contributed by atoms with Crippen LogP contribution in [0.25, 0.3) is 6.08 Å². The maximum absolute atomic E-state index is 12.8. The fourth-order valence-corrected chi connectivity index (χ4v) is 5.12. The molecule has 0 amide bonds. The molecule has 0 spiro atoms. The Morgan fingerprint density at radius 2 is 1.85 bits per heavy atom. The van der Waals surface area contributed by atoms with E-state index in [0.29, 0.717) is 30.7 Å². The van der Waals surface area contributed by atoms with Gasteiger partial charge in [0.05, 0.1) is 0 Å². The molecule has 1 aromatic heterocycles. The van der Waals surface area contributed by atoms with E-state index in [2.05, 4.69) is 50.1 Å². The van der Waals surface area contributed by atoms with E-state index in [1.165, 1.54) is 16.6 Å². The first-order valence-electron chi connectivity index (χ1n) is 8.22. The van der Waals surface area contributed by atoms with Gasteiger partial charge in [0.15, 0.2) is 0 Å². The molecule has 3 rings (SSSR count). The zero-order valence-electron chi connectivity index (χ0n) is 14.1. The Balaban J connectivity index is 1.59. The molecule has 0 N–H and O–H groups in total. The molecule has 5 nitrogen and oxygen atoms in total. The Hall–Kier alpha value is -1.25. The van der Waals surface area contributed by atoms with Gasteiger partial charge in [-0.05, 0) is 27.6 Å². The molecule has 0 radical (unpaired) electrons. The average molecular weight is 457 g/mol. The highest BCUT2D eigenvalue weighted by molar-refractivity contribution is 9.10. The van der Waals surface area contributed by atoms with Crippen molar-refractivity contribution in [3.63, 3.8) is 0 Å². The highest BCUT2D eigenvalue weighted by Gasteiger charge is 2.30. The number of sulfonamides is 1. The number of nitrogens with zero attached hydrogens (tertiary/aromatic N) is 3. The van der Waals surface area contributed by atoms with Crippen molar-refractivity contribution in [3.8, 4) is 0 Å². The first-order chi connectivity index (χ1) is 12.5. The molecule has 0 unspecified atom stereocenters. The largest absolute Gasteiger partial charge is 0.297 e. The second kappa shape index (κ2) is 8.63. The Kier molecular flexibility index (Phi) is 6.47. The number of rotatable bonds is 5. The van der Waals surface area contributed by atoms with E-state index < -0.39 is 10.0 Å². The molecule has 1 aliphatic rings. The average Bonchev–Trinajstić information content (AvgIpc) is 2.65. The normalized spacial score (nSPS) is 17.0. The van der Waals surface area contributed by atoms with E-state index in [1.807, 2.05) is 18.2 Å². The predicted molar refractivity (Wildman–Crippen MR) is 108 cm³/mol. The third kappa shape index (κ3) is 4.72. The second-order valence-electron chi connectivity index (χ2n) is 5.96. The lowest BCUT2D eigenvalue weighted by atomic mass is 10.2. The topological polar surface area (TPSA) is 53.5 Å². The van der Waals surface area contributed by atoms with Crippen LogP contribution in [0.4, 0.5) is 0 Å². The lowest BCUT2D eigenvalue weighted by molar-refractivity contribution is 0.204. The van der Waals surface area contributed by atoms with Crippen molar-refractivity contribution in [1.29, 1.82) is 0 Å². The van der Waals surface area contributed by atoms with Crippen molar-refractivity contribution in [2.24, 2.45) is 0 Å². The minimum Gasteiger partial charge on any atom is -0.297 e. The van der Waals surface area contributed by atoms with Gasteiger partial charge < -0.3 is 0 Å². The van der Waals surface area contributed by atoms with Crippen LogP contribution in [-0.4, -0.2) is 55.3 Å². The van der Waals surface area contributed by atoms with Crippen molar-refractivity contribution in [2.75, 3.05) is 32.7 Å². The molecule has 0 aliphatic carbocycles. The van der Waals surface area contributed by atoms with Gasteiger partial charge in [-0.2, -0.15) is 4.31 Å². The van der Waals surface area contributed by atoms with Crippen molar-refractivity contribution < 1.29 is 8.42 Å². The Morgan fingerprint density at radius 1 is 1.15 bits per heavy atom. The fourth-order valence-electron chi connectivity index (χ4n) is 2.78. The van der Waals surface area contributed by atoms with E-state index in [4.69, 9.17) is 11.6 Å². The van der Waals surface area contributed by atoms with E-state index in [1.54, 1.807) is 0 Å². The molecule has 1 saturated heterocycles. The molecule has 26 heavy (non-hydrogen) atoms. The van der Waals surface area contributed by atoms with Crippen LogP contribution in [0.2, 0.25) is 5.15 Å². The lowest BCUT2D eigenvalue weighted by Crippen LogP contribution is -2.48. The summed E-state index contributed by atoms with van der Waals surface area (Å²) >= 11 is 9.25. The lowest BCUT2D eigenvalue weighted by Gasteiger charge is -2.33. The Morgan fingerprint density at radius 3 is 2.54 bits per heavy atom. The van der Waals surface area contributed by atoms with Gasteiger partial charge in [-0.1, -0.05) is 54.1 Å². The fraction of sp³-hybridized carbons (Fsp3) is 0.278. The van der Waals surface area contributed by atoms with E-state index >= 15 is 0 Å². The minimum atomic E-state index is -3.64. The monoisotopic (exact) mass is 455 g/mol. The quantitative estimate of drug-likeness (QED) is 0.646. The van der Waals surface area contributed by atoms with Gasteiger partial charge in [-0.3, -0.25) is 4.90 Å². The van der Waals surface area contributed by atoms with Crippen molar-refractivity contribution in [1.82, 2.24) is 14.2 Å². The molecular weight excluding hydrogens is 438 g/mol. The van der Waals surface area contributed by atoms with Crippen LogP contribution in [0.15, 0.2) is 58.0 Å². The standard InChI is InChI=1S/C18H19BrClN3O2S/c19-16-13-17(18(20)21-14-16)26(24,25)23-11-9-22(10-12-23)8-4-7-15-5-2-1-3-6-15/h1-7,13-14H,8-12H2/b7-4+. The van der Waals surface area contributed by atoms with Gasteiger partial charge in [-0.15, -0.1) is 0 Å². The molecule has 2 aromatic rings. The number of benzene rings is 1. The number of aromatic nitrogens is 1. The summed E-state index contributed by atoms with van der Waals surface area (Å²) in [5.74, 6) is 0. The third-order valence-electron chi connectivity index (χ3n) is 4.20. The zero-order valence-corrected chi connectivity index (χ0v) is 17.2. The first-order valence-corrected chi connectivity index (χ1v) is 10.8. The summed E-state index contributed by atoms with van der Waals surface area (Å²) in [5, 5.41) is 0.00132. The van der Waals surface area contributed by atoms with Gasteiger partial charge in [0.1, 0.15) is 10.0 Å². The summed E-state index contributed by atoms with van der Waals surface area (Å²) in [5.41, 5.74) is 1.16. The summed E-state index contributed by atoms with van der Waals surface area (Å²) in [7, 11) is -3.64. The summed E-state index contributed by atoms with van der Waals surface area (Å²) < 4.78 is 27.7. The number of hydrogen-bond acceptors (Lipinski definition) is 4. The molecule has 0 atom stereocenters. The van der Waals surface area contributed by atoms with Gasteiger partial charge in [0, 0.05) is 43.4 Å². The van der Waals surface area contributed by atoms with Crippen LogP contribution in [0.3, 0.4) is 0 Å². The van der Waals surface area contributed by atoms with E-state index in [9.17, 15) is 8.42 Å². The highest BCUT2D eigenvalue weighted by atomic mass is 79.9. The highest BCUT2D eigenvalue weighted by Crippen LogP contribution is 2.26. The summed E-state index contributed by atoms with van der Waals surface area (Å²) in [6.45, 7) is 3.02. The summed E-state index contributed by atoms with van der Waals surface area (Å²) in [6, 6.07) is 11.6. The van der Waals surface area contributed by atoms with Gasteiger partial charge in [0.25, 0.3) is 0 Å². The van der Waals surface area contributed by atoms with Crippen molar-refractivity contribution in [2.45, 2.75) is 4.90 Å². The molecular formula is C18H19BrClN3O2S. The van der Waals surface area contributed by atoms with Gasteiger partial charge >= 0.3 is 0 Å². The number of pyridine rings is 1. The third-order valence-corrected chi connectivity index (χ3v) is 6.96. The van der Waals surface area contributed by atoms with E-state index in [0.717, 1.165) is 12.1 Å². The van der Waals surface area contributed by atoms with Gasteiger partial charge in [0.2, 0.25) is 10.0 Å². The Bertz CT molecular complexity index is 883. The van der Waals surface area contributed by atoms with Crippen molar-refractivity contribution in [3.05, 3.63) is 63.9 Å².